The maximum atomic E-state index is 12.6. The minimum atomic E-state index is -4.74. The maximum absolute atomic E-state index is 12.6. The van der Waals surface area contributed by atoms with Crippen LogP contribution in [0.15, 0.2) is 12.1 Å². The Bertz CT molecular complexity index is 548. The SMILES string of the molecule is COC(=O)C(CO)Nc1nc(C(F)(F)F)ccc1C(N)=O. The molecule has 7 nitrogen and oxygen atoms in total. The second kappa shape index (κ2) is 6.39. The monoisotopic (exact) mass is 307 g/mol. The molecule has 1 aromatic rings. The molecule has 1 heterocycles. The summed E-state index contributed by atoms with van der Waals surface area (Å²) in [6.07, 6.45) is -4.74. The molecule has 21 heavy (non-hydrogen) atoms. The minimum Gasteiger partial charge on any atom is -0.467 e. The Hall–Kier alpha value is -2.36. The van der Waals surface area contributed by atoms with Crippen molar-refractivity contribution in [2.24, 2.45) is 5.73 Å². The fourth-order valence-electron chi connectivity index (χ4n) is 1.41. The summed E-state index contributed by atoms with van der Waals surface area (Å²) in [7, 11) is 1.03. The zero-order valence-corrected chi connectivity index (χ0v) is 10.8. The lowest BCUT2D eigenvalue weighted by Crippen LogP contribution is -2.35. The first kappa shape index (κ1) is 16.7. The molecule has 0 saturated carbocycles. The normalized spacial score (nSPS) is 12.6. The predicted octanol–water partition coefficient (Wildman–Crippen LogP) is 0.145. The summed E-state index contributed by atoms with van der Waals surface area (Å²) in [6, 6.07) is 0.0212. The zero-order chi connectivity index (χ0) is 16.2. The van der Waals surface area contributed by atoms with Crippen LogP contribution in [0.25, 0.3) is 0 Å². The summed E-state index contributed by atoms with van der Waals surface area (Å²) in [5.41, 5.74) is 3.38. The van der Waals surface area contributed by atoms with Crippen molar-refractivity contribution in [3.8, 4) is 0 Å². The van der Waals surface area contributed by atoms with E-state index < -0.39 is 42.2 Å². The van der Waals surface area contributed by atoms with Crippen molar-refractivity contribution in [2.75, 3.05) is 19.0 Å². The topological polar surface area (TPSA) is 115 Å². The van der Waals surface area contributed by atoms with Crippen molar-refractivity contribution in [1.29, 1.82) is 0 Å². The quantitative estimate of drug-likeness (QED) is 0.667. The number of nitrogens with zero attached hydrogens (tertiary/aromatic N) is 1. The third-order valence-corrected chi connectivity index (χ3v) is 2.43. The fourth-order valence-corrected chi connectivity index (χ4v) is 1.41. The van der Waals surface area contributed by atoms with Crippen molar-refractivity contribution in [3.05, 3.63) is 23.4 Å². The van der Waals surface area contributed by atoms with Gasteiger partial charge in [0.25, 0.3) is 5.91 Å². The van der Waals surface area contributed by atoms with E-state index in [1.807, 2.05) is 0 Å². The number of methoxy groups -OCH3 is 1. The molecule has 1 unspecified atom stereocenters. The summed E-state index contributed by atoms with van der Waals surface area (Å²) in [4.78, 5) is 25.7. The number of primary amides is 1. The van der Waals surface area contributed by atoms with E-state index in [-0.39, 0.29) is 5.56 Å². The number of aliphatic hydroxyl groups is 1. The number of ether oxygens (including phenoxy) is 1. The highest BCUT2D eigenvalue weighted by atomic mass is 19.4. The molecule has 1 aromatic heterocycles. The molecule has 0 aliphatic carbocycles. The number of anilines is 1. The number of carbonyl (C=O) groups excluding carboxylic acids is 2. The van der Waals surface area contributed by atoms with E-state index in [1.165, 1.54) is 0 Å². The lowest BCUT2D eigenvalue weighted by Gasteiger charge is -2.17. The second-order valence-corrected chi connectivity index (χ2v) is 3.86. The van der Waals surface area contributed by atoms with Crippen LogP contribution in [0, 0.1) is 0 Å². The molecule has 10 heteroatoms. The van der Waals surface area contributed by atoms with E-state index in [2.05, 4.69) is 15.0 Å². The fraction of sp³-hybridized carbons (Fsp3) is 0.364. The van der Waals surface area contributed by atoms with Crippen molar-refractivity contribution < 1.29 is 32.6 Å². The molecule has 1 atom stereocenters. The first-order valence-corrected chi connectivity index (χ1v) is 5.54. The summed E-state index contributed by atoms with van der Waals surface area (Å²) in [5, 5.41) is 11.2. The number of hydrogen-bond donors (Lipinski definition) is 3. The number of halogens is 3. The Morgan fingerprint density at radius 2 is 2.10 bits per heavy atom. The molecule has 0 saturated heterocycles. The molecule has 0 aliphatic rings. The zero-order valence-electron chi connectivity index (χ0n) is 10.8. The Morgan fingerprint density at radius 1 is 1.48 bits per heavy atom. The van der Waals surface area contributed by atoms with Gasteiger partial charge in [-0.2, -0.15) is 13.2 Å². The van der Waals surface area contributed by atoms with Crippen molar-refractivity contribution >= 4 is 17.7 Å². The third kappa shape index (κ3) is 4.05. The Morgan fingerprint density at radius 3 is 2.52 bits per heavy atom. The standard InChI is InChI=1S/C11H12F3N3O4/c1-21-10(20)6(4-18)16-9-5(8(15)19)2-3-7(17-9)11(12,13)14/h2-3,6,18H,4H2,1H3,(H2,15,19)(H,16,17). The van der Waals surface area contributed by atoms with Gasteiger partial charge in [0.2, 0.25) is 0 Å². The van der Waals surface area contributed by atoms with E-state index in [1.54, 1.807) is 0 Å². The molecule has 0 fully saturated rings. The van der Waals surface area contributed by atoms with Crippen LogP contribution in [-0.2, 0) is 15.7 Å². The minimum absolute atomic E-state index is 0.356. The molecule has 4 N–H and O–H groups in total. The van der Waals surface area contributed by atoms with Gasteiger partial charge in [0.1, 0.15) is 17.6 Å². The van der Waals surface area contributed by atoms with E-state index in [0.717, 1.165) is 13.2 Å². The highest BCUT2D eigenvalue weighted by Gasteiger charge is 2.34. The van der Waals surface area contributed by atoms with Crippen LogP contribution >= 0.6 is 0 Å². The van der Waals surface area contributed by atoms with Crippen molar-refractivity contribution in [2.45, 2.75) is 12.2 Å². The number of esters is 1. The van der Waals surface area contributed by atoms with Gasteiger partial charge in [0.05, 0.1) is 19.3 Å². The average molecular weight is 307 g/mol. The number of hydrogen-bond acceptors (Lipinski definition) is 6. The lowest BCUT2D eigenvalue weighted by molar-refractivity contribution is -0.142. The van der Waals surface area contributed by atoms with E-state index in [4.69, 9.17) is 10.8 Å². The van der Waals surface area contributed by atoms with E-state index in [9.17, 15) is 22.8 Å². The van der Waals surface area contributed by atoms with Crippen LogP contribution in [0.3, 0.4) is 0 Å². The largest absolute Gasteiger partial charge is 0.467 e. The second-order valence-electron chi connectivity index (χ2n) is 3.86. The van der Waals surface area contributed by atoms with Gasteiger partial charge in [-0.05, 0) is 12.1 Å². The van der Waals surface area contributed by atoms with Gasteiger partial charge in [-0.3, -0.25) is 4.79 Å². The number of aliphatic hydroxyl groups excluding tert-OH is 1. The highest BCUT2D eigenvalue weighted by molar-refractivity contribution is 5.98. The number of amides is 1. The van der Waals surface area contributed by atoms with Crippen LogP contribution in [0.2, 0.25) is 0 Å². The first-order valence-electron chi connectivity index (χ1n) is 5.54. The van der Waals surface area contributed by atoms with Crippen LogP contribution in [0.5, 0.6) is 0 Å². The Labute approximate surface area is 116 Å². The summed E-state index contributed by atoms with van der Waals surface area (Å²) >= 11 is 0. The first-order chi connectivity index (χ1) is 9.70. The number of nitrogens with one attached hydrogen (secondary N) is 1. The third-order valence-electron chi connectivity index (χ3n) is 2.43. The van der Waals surface area contributed by atoms with E-state index in [0.29, 0.717) is 6.07 Å². The van der Waals surface area contributed by atoms with Crippen molar-refractivity contribution in [1.82, 2.24) is 4.98 Å². The summed E-state index contributed by atoms with van der Waals surface area (Å²) in [5.74, 6) is -2.55. The summed E-state index contributed by atoms with van der Waals surface area (Å²) < 4.78 is 42.1. The van der Waals surface area contributed by atoms with Gasteiger partial charge >= 0.3 is 12.1 Å². The maximum Gasteiger partial charge on any atom is 0.433 e. The van der Waals surface area contributed by atoms with Crippen LogP contribution in [-0.4, -0.2) is 41.7 Å². The smallest absolute Gasteiger partial charge is 0.433 e. The van der Waals surface area contributed by atoms with Gasteiger partial charge in [-0.15, -0.1) is 0 Å². The molecule has 0 aliphatic heterocycles. The molecule has 116 valence electrons. The van der Waals surface area contributed by atoms with Gasteiger partial charge in [-0.1, -0.05) is 0 Å². The van der Waals surface area contributed by atoms with E-state index >= 15 is 0 Å². The lowest BCUT2D eigenvalue weighted by atomic mass is 10.2. The number of rotatable bonds is 5. The number of nitrogens with two attached hydrogens (primary N) is 1. The average Bonchev–Trinajstić information content (AvgIpc) is 2.42. The number of carbonyl (C=O) groups is 2. The van der Waals surface area contributed by atoms with Crippen LogP contribution in [0.1, 0.15) is 16.1 Å². The molecule has 0 bridgehead atoms. The van der Waals surface area contributed by atoms with Crippen molar-refractivity contribution in [3.63, 3.8) is 0 Å². The number of alkyl halides is 3. The highest BCUT2D eigenvalue weighted by Crippen LogP contribution is 2.29. The van der Waals surface area contributed by atoms with Gasteiger partial charge in [-0.25, -0.2) is 9.78 Å². The molecule has 0 radical (unpaired) electrons. The Kier molecular flexibility index (Phi) is 5.08. The van der Waals surface area contributed by atoms with Gasteiger partial charge in [0.15, 0.2) is 0 Å². The predicted molar refractivity (Wildman–Crippen MR) is 64.3 cm³/mol. The molecule has 1 amide bonds. The number of pyridine rings is 1. The number of aromatic nitrogens is 1. The summed E-state index contributed by atoms with van der Waals surface area (Å²) in [6.45, 7) is -0.775. The molecule has 1 rings (SSSR count). The molecular formula is C11H12F3N3O4. The van der Waals surface area contributed by atoms with Gasteiger partial charge < -0.3 is 20.9 Å². The molecule has 0 spiro atoms. The van der Waals surface area contributed by atoms with Gasteiger partial charge in [0, 0.05) is 0 Å². The van der Waals surface area contributed by atoms with Crippen LogP contribution in [0.4, 0.5) is 19.0 Å². The molecule has 0 aromatic carbocycles. The Balaban J connectivity index is 3.23. The molecular weight excluding hydrogens is 295 g/mol. The van der Waals surface area contributed by atoms with Crippen LogP contribution < -0.4 is 11.1 Å².